The van der Waals surface area contributed by atoms with Crippen molar-refractivity contribution in [3.05, 3.63) is 82.3 Å². The Kier molecular flexibility index (Phi) is 9.77. The first-order valence-electron chi connectivity index (χ1n) is 9.73. The van der Waals surface area contributed by atoms with Gasteiger partial charge in [0.15, 0.2) is 11.9 Å². The third-order valence-corrected chi connectivity index (χ3v) is 4.37. The molecule has 1 unspecified atom stereocenters. The minimum atomic E-state index is -4.64. The predicted molar refractivity (Wildman–Crippen MR) is 115 cm³/mol. The monoisotopic (exact) mass is 488 g/mol. The van der Waals surface area contributed by atoms with Gasteiger partial charge in [-0.05, 0) is 12.1 Å². The summed E-state index contributed by atoms with van der Waals surface area (Å²) < 4.78 is 25.6. The van der Waals surface area contributed by atoms with E-state index in [1.807, 2.05) is 0 Å². The van der Waals surface area contributed by atoms with Crippen molar-refractivity contribution in [1.29, 1.82) is 10.5 Å². The van der Waals surface area contributed by atoms with Crippen LogP contribution in [0.5, 0.6) is 0 Å². The number of cyclic esters (lactones) is 1. The average Bonchev–Trinajstić information content (AvgIpc) is 3.09. The second kappa shape index (κ2) is 12.5. The first-order chi connectivity index (χ1) is 16.2. The number of nitriles is 2. The molecule has 0 spiro atoms. The van der Waals surface area contributed by atoms with Crippen molar-refractivity contribution in [2.75, 3.05) is 6.61 Å². The number of carbonyl (C=O) groups is 1. The van der Waals surface area contributed by atoms with Crippen molar-refractivity contribution in [2.45, 2.75) is 25.7 Å². The SMILES string of the molecule is N#Cc1ccccc1COC1=C(OCc2ccccc2C#N)C(CCO)OC1=O.O=P(O)(O)O. The summed E-state index contributed by atoms with van der Waals surface area (Å²) in [6, 6.07) is 18.0. The average molecular weight is 488 g/mol. The molecule has 178 valence electrons. The fraction of sp³-hybridized carbons (Fsp3) is 0.227. The quantitative estimate of drug-likeness (QED) is 0.313. The third-order valence-electron chi connectivity index (χ3n) is 4.37. The number of benzene rings is 2. The third kappa shape index (κ3) is 8.01. The molecule has 0 aromatic heterocycles. The second-order valence-corrected chi connectivity index (χ2v) is 7.75. The van der Waals surface area contributed by atoms with E-state index in [0.717, 1.165) is 0 Å². The zero-order chi connectivity index (χ0) is 25.1. The molecule has 0 fully saturated rings. The summed E-state index contributed by atoms with van der Waals surface area (Å²) in [4.78, 5) is 33.9. The maximum Gasteiger partial charge on any atom is 0.466 e. The lowest BCUT2D eigenvalue weighted by Gasteiger charge is -2.14. The first kappa shape index (κ1) is 26.6. The molecular formula is C22H21N2O9P. The molecule has 0 amide bonds. The fourth-order valence-electron chi connectivity index (χ4n) is 2.89. The van der Waals surface area contributed by atoms with Crippen LogP contribution in [0, 0.1) is 22.7 Å². The van der Waals surface area contributed by atoms with E-state index in [0.29, 0.717) is 22.3 Å². The Morgan fingerprint density at radius 1 is 0.912 bits per heavy atom. The van der Waals surface area contributed by atoms with Gasteiger partial charge in [-0.15, -0.1) is 0 Å². The number of aliphatic hydroxyl groups is 1. The van der Waals surface area contributed by atoms with E-state index in [1.54, 1.807) is 48.5 Å². The van der Waals surface area contributed by atoms with Gasteiger partial charge >= 0.3 is 13.8 Å². The maximum absolute atomic E-state index is 12.3. The molecule has 1 aliphatic heterocycles. The predicted octanol–water partition coefficient (Wildman–Crippen LogP) is 1.75. The van der Waals surface area contributed by atoms with Crippen LogP contribution in [0.15, 0.2) is 60.0 Å². The molecule has 0 radical (unpaired) electrons. The van der Waals surface area contributed by atoms with Crippen LogP contribution in [-0.2, 0) is 36.8 Å². The summed E-state index contributed by atoms with van der Waals surface area (Å²) in [5.74, 6) is -0.613. The molecule has 1 atom stereocenters. The summed E-state index contributed by atoms with van der Waals surface area (Å²) in [6.45, 7) is -0.176. The van der Waals surface area contributed by atoms with E-state index in [2.05, 4.69) is 12.1 Å². The number of carbonyl (C=O) groups excluding carboxylic acids is 1. The van der Waals surface area contributed by atoms with Crippen LogP contribution in [0.4, 0.5) is 0 Å². The Morgan fingerprint density at radius 3 is 1.85 bits per heavy atom. The minimum Gasteiger partial charge on any atom is -0.485 e. The minimum absolute atomic E-state index is 0.0122. The van der Waals surface area contributed by atoms with Gasteiger partial charge in [-0.25, -0.2) is 9.36 Å². The maximum atomic E-state index is 12.3. The van der Waals surface area contributed by atoms with E-state index in [1.165, 1.54) is 0 Å². The van der Waals surface area contributed by atoms with Crippen molar-refractivity contribution in [3.8, 4) is 12.1 Å². The van der Waals surface area contributed by atoms with Gasteiger partial charge in [-0.1, -0.05) is 36.4 Å². The van der Waals surface area contributed by atoms with Crippen LogP contribution in [-0.4, -0.2) is 38.5 Å². The molecule has 1 heterocycles. The van der Waals surface area contributed by atoms with Gasteiger partial charge in [0.2, 0.25) is 5.76 Å². The molecular weight excluding hydrogens is 467 g/mol. The molecule has 0 saturated carbocycles. The molecule has 0 aliphatic carbocycles. The number of nitrogens with zero attached hydrogens (tertiary/aromatic N) is 2. The van der Waals surface area contributed by atoms with Crippen molar-refractivity contribution in [3.63, 3.8) is 0 Å². The zero-order valence-corrected chi connectivity index (χ0v) is 18.6. The van der Waals surface area contributed by atoms with Gasteiger partial charge in [0.05, 0.1) is 23.3 Å². The van der Waals surface area contributed by atoms with Gasteiger partial charge in [0.25, 0.3) is 0 Å². The van der Waals surface area contributed by atoms with Crippen molar-refractivity contribution in [2.24, 2.45) is 0 Å². The van der Waals surface area contributed by atoms with E-state index in [-0.39, 0.29) is 37.8 Å². The van der Waals surface area contributed by atoms with E-state index >= 15 is 0 Å². The number of hydrogen-bond donors (Lipinski definition) is 4. The Balaban J connectivity index is 0.000000739. The number of esters is 1. The molecule has 34 heavy (non-hydrogen) atoms. The highest BCUT2D eigenvalue weighted by Crippen LogP contribution is 2.29. The van der Waals surface area contributed by atoms with Crippen LogP contribution in [0.3, 0.4) is 0 Å². The first-order valence-corrected chi connectivity index (χ1v) is 11.3. The summed E-state index contributed by atoms with van der Waals surface area (Å²) in [6.07, 6.45) is -0.620. The van der Waals surface area contributed by atoms with Gasteiger partial charge in [-0.2, -0.15) is 10.5 Å². The molecule has 11 nitrogen and oxygen atoms in total. The van der Waals surface area contributed by atoms with E-state index < -0.39 is 19.9 Å². The number of rotatable bonds is 8. The Morgan fingerprint density at radius 2 is 1.38 bits per heavy atom. The molecule has 4 N–H and O–H groups in total. The lowest BCUT2D eigenvalue weighted by Crippen LogP contribution is -2.15. The Bertz CT molecular complexity index is 1170. The number of phosphoric acid groups is 1. The molecule has 0 bridgehead atoms. The zero-order valence-electron chi connectivity index (χ0n) is 17.7. The Labute approximate surface area is 194 Å². The van der Waals surface area contributed by atoms with Crippen LogP contribution in [0.1, 0.15) is 28.7 Å². The van der Waals surface area contributed by atoms with Gasteiger partial charge < -0.3 is 34.0 Å². The van der Waals surface area contributed by atoms with Gasteiger partial charge in [0.1, 0.15) is 13.2 Å². The topological polar surface area (TPSA) is 190 Å². The second-order valence-electron chi connectivity index (χ2n) is 6.73. The molecule has 1 aliphatic rings. The van der Waals surface area contributed by atoms with Crippen LogP contribution in [0.2, 0.25) is 0 Å². The van der Waals surface area contributed by atoms with Crippen molar-refractivity contribution in [1.82, 2.24) is 0 Å². The number of ether oxygens (including phenoxy) is 3. The highest BCUT2D eigenvalue weighted by Gasteiger charge is 2.37. The summed E-state index contributed by atoms with van der Waals surface area (Å²) >= 11 is 0. The lowest BCUT2D eigenvalue weighted by molar-refractivity contribution is -0.143. The molecule has 2 aromatic rings. The summed E-state index contributed by atoms with van der Waals surface area (Å²) in [5.41, 5.74) is 2.17. The largest absolute Gasteiger partial charge is 0.485 e. The fourth-order valence-corrected chi connectivity index (χ4v) is 2.89. The molecule has 12 heteroatoms. The Hall–Kier alpha value is -3.70. The molecule has 0 saturated heterocycles. The highest BCUT2D eigenvalue weighted by molar-refractivity contribution is 7.45. The van der Waals surface area contributed by atoms with Crippen LogP contribution < -0.4 is 0 Å². The summed E-state index contributed by atoms with van der Waals surface area (Å²) in [7, 11) is -4.64. The lowest BCUT2D eigenvalue weighted by atomic mass is 10.1. The van der Waals surface area contributed by atoms with Crippen molar-refractivity contribution < 1.29 is 43.4 Å². The molecule has 2 aromatic carbocycles. The number of aliphatic hydroxyl groups excluding tert-OH is 1. The smallest absolute Gasteiger partial charge is 0.466 e. The number of hydrogen-bond acceptors (Lipinski definition) is 8. The standard InChI is InChI=1S/C22H18N2O5.H3O4P/c23-11-15-5-1-3-7-17(15)13-27-20-19(9-10-25)29-22(26)21(20)28-14-18-8-4-2-6-16(18)12-24;1-5(2,3)4/h1-8,19,25H,9-10,13-14H2;(H3,1,2,3,4). The van der Waals surface area contributed by atoms with Gasteiger partial charge in [0, 0.05) is 24.2 Å². The normalized spacial score (nSPS) is 14.9. The highest BCUT2D eigenvalue weighted by atomic mass is 31.2. The van der Waals surface area contributed by atoms with E-state index in [9.17, 15) is 20.4 Å². The van der Waals surface area contributed by atoms with Crippen LogP contribution >= 0.6 is 7.82 Å². The van der Waals surface area contributed by atoms with Crippen LogP contribution in [0.25, 0.3) is 0 Å². The van der Waals surface area contributed by atoms with Crippen molar-refractivity contribution >= 4 is 13.8 Å². The molecule has 3 rings (SSSR count). The van der Waals surface area contributed by atoms with E-state index in [4.69, 9.17) is 33.5 Å². The summed E-state index contributed by atoms with van der Waals surface area (Å²) in [5, 5.41) is 27.7. The van der Waals surface area contributed by atoms with Gasteiger partial charge in [-0.3, -0.25) is 0 Å².